The first-order chi connectivity index (χ1) is 14.3. The van der Waals surface area contributed by atoms with Gasteiger partial charge in [0.05, 0.1) is 5.39 Å². The lowest BCUT2D eigenvalue weighted by molar-refractivity contribution is -0.129. The number of hydrogen-bond donors (Lipinski definition) is 1. The molecule has 0 aliphatic carbocycles. The second kappa shape index (κ2) is 8.94. The minimum absolute atomic E-state index is 0.0109. The van der Waals surface area contributed by atoms with Crippen molar-refractivity contribution >= 4 is 28.5 Å². The van der Waals surface area contributed by atoms with Crippen LogP contribution in [0.2, 0.25) is 0 Å². The third kappa shape index (κ3) is 4.59. The van der Waals surface area contributed by atoms with Crippen LogP contribution in [0.25, 0.3) is 11.0 Å². The van der Waals surface area contributed by atoms with Crippen LogP contribution in [-0.2, 0) is 23.2 Å². The van der Waals surface area contributed by atoms with Gasteiger partial charge in [0.15, 0.2) is 12.3 Å². The Bertz CT molecular complexity index is 1090. The number of anilines is 1. The highest BCUT2D eigenvalue weighted by molar-refractivity contribution is 5.93. The number of aryl methyl sites for hydroxylation is 3. The van der Waals surface area contributed by atoms with E-state index in [0.29, 0.717) is 24.7 Å². The molecule has 2 amide bonds. The van der Waals surface area contributed by atoms with Crippen LogP contribution < -0.4 is 10.1 Å². The third-order valence-electron chi connectivity index (χ3n) is 4.91. The van der Waals surface area contributed by atoms with E-state index in [2.05, 4.69) is 15.4 Å². The van der Waals surface area contributed by atoms with Crippen molar-refractivity contribution in [2.45, 2.75) is 34.2 Å². The predicted molar refractivity (Wildman–Crippen MR) is 115 cm³/mol. The second-order valence-corrected chi connectivity index (χ2v) is 7.24. The number of amides is 2. The summed E-state index contributed by atoms with van der Waals surface area (Å²) in [6.07, 6.45) is 0. The molecule has 0 radical (unpaired) electrons. The van der Waals surface area contributed by atoms with Gasteiger partial charge in [-0.1, -0.05) is 18.2 Å². The molecule has 30 heavy (non-hydrogen) atoms. The van der Waals surface area contributed by atoms with Crippen LogP contribution in [0.4, 0.5) is 5.69 Å². The molecule has 0 aliphatic heterocycles. The smallest absolute Gasteiger partial charge is 0.262 e. The number of fused-ring (bicyclic) bond motifs is 1. The summed E-state index contributed by atoms with van der Waals surface area (Å²) >= 11 is 0. The van der Waals surface area contributed by atoms with Crippen molar-refractivity contribution < 1.29 is 14.3 Å². The number of nitrogens with one attached hydrogen (secondary N) is 1. The van der Waals surface area contributed by atoms with Crippen molar-refractivity contribution in [2.24, 2.45) is 7.05 Å². The van der Waals surface area contributed by atoms with E-state index in [-0.39, 0.29) is 18.4 Å². The normalized spacial score (nSPS) is 10.8. The Labute approximate surface area is 175 Å². The van der Waals surface area contributed by atoms with E-state index in [4.69, 9.17) is 4.74 Å². The summed E-state index contributed by atoms with van der Waals surface area (Å²) in [5.74, 6) is 0.0720. The summed E-state index contributed by atoms with van der Waals surface area (Å²) in [6.45, 7) is 8.20. The van der Waals surface area contributed by atoms with E-state index in [1.54, 1.807) is 16.6 Å². The maximum absolute atomic E-state index is 12.5. The molecule has 158 valence electrons. The number of benzene rings is 1. The Morgan fingerprint density at radius 3 is 2.67 bits per heavy atom. The van der Waals surface area contributed by atoms with Crippen LogP contribution in [0, 0.1) is 13.8 Å². The van der Waals surface area contributed by atoms with E-state index in [0.717, 1.165) is 27.9 Å². The fourth-order valence-corrected chi connectivity index (χ4v) is 3.40. The summed E-state index contributed by atoms with van der Waals surface area (Å²) in [4.78, 5) is 30.5. The summed E-state index contributed by atoms with van der Waals surface area (Å²) in [5.41, 5.74) is 4.13. The molecule has 3 rings (SSSR count). The first-order valence-corrected chi connectivity index (χ1v) is 9.87. The van der Waals surface area contributed by atoms with Gasteiger partial charge in [-0.05, 0) is 44.0 Å². The van der Waals surface area contributed by atoms with Gasteiger partial charge in [-0.2, -0.15) is 0 Å². The monoisotopic (exact) mass is 409 g/mol. The largest absolute Gasteiger partial charge is 0.466 e. The number of aromatic nitrogens is 3. The minimum Gasteiger partial charge on any atom is -0.466 e. The average molecular weight is 409 g/mol. The number of carbonyl (C=O) groups is 2. The molecule has 0 aliphatic rings. The van der Waals surface area contributed by atoms with Crippen LogP contribution in [-0.4, -0.2) is 44.6 Å². The minimum atomic E-state index is -0.301. The number of ether oxygens (including phenoxy) is 1. The predicted octanol–water partition coefficient (Wildman–Crippen LogP) is 2.97. The lowest BCUT2D eigenvalue weighted by Crippen LogP contribution is -2.28. The van der Waals surface area contributed by atoms with Crippen molar-refractivity contribution in [3.8, 4) is 5.88 Å². The van der Waals surface area contributed by atoms with Gasteiger partial charge >= 0.3 is 0 Å². The van der Waals surface area contributed by atoms with E-state index in [1.807, 2.05) is 51.1 Å². The van der Waals surface area contributed by atoms with Gasteiger partial charge in [0.2, 0.25) is 11.8 Å². The van der Waals surface area contributed by atoms with Crippen molar-refractivity contribution in [1.29, 1.82) is 0 Å². The molecule has 0 bridgehead atoms. The number of carbonyl (C=O) groups excluding carboxylic acids is 2. The maximum Gasteiger partial charge on any atom is 0.262 e. The highest BCUT2D eigenvalue weighted by atomic mass is 16.5. The summed E-state index contributed by atoms with van der Waals surface area (Å²) < 4.78 is 7.38. The molecule has 0 atom stereocenters. The van der Waals surface area contributed by atoms with Gasteiger partial charge in [-0.3, -0.25) is 9.59 Å². The van der Waals surface area contributed by atoms with E-state index >= 15 is 0 Å². The average Bonchev–Trinajstić information content (AvgIpc) is 3.01. The number of hydrogen-bond acceptors (Lipinski definition) is 5. The first-order valence-electron chi connectivity index (χ1n) is 9.87. The van der Waals surface area contributed by atoms with Gasteiger partial charge in [0, 0.05) is 38.4 Å². The molecule has 2 aromatic heterocycles. The molecular formula is C22H27N5O3. The molecule has 8 nitrogen and oxygen atoms in total. The van der Waals surface area contributed by atoms with Gasteiger partial charge in [-0.25, -0.2) is 9.67 Å². The van der Waals surface area contributed by atoms with Crippen molar-refractivity contribution in [2.75, 3.05) is 18.5 Å². The van der Waals surface area contributed by atoms with Gasteiger partial charge in [0.25, 0.3) is 5.91 Å². The second-order valence-electron chi connectivity index (χ2n) is 7.24. The van der Waals surface area contributed by atoms with Crippen LogP contribution >= 0.6 is 0 Å². The molecule has 0 spiro atoms. The number of nitrogens with zero attached hydrogens (tertiary/aromatic N) is 4. The number of para-hydroxylation sites is 1. The summed E-state index contributed by atoms with van der Waals surface area (Å²) in [6, 6.07) is 9.39. The van der Waals surface area contributed by atoms with Gasteiger partial charge in [0.1, 0.15) is 0 Å². The van der Waals surface area contributed by atoms with Crippen molar-refractivity contribution in [3.63, 3.8) is 0 Å². The Morgan fingerprint density at radius 1 is 1.23 bits per heavy atom. The lowest BCUT2D eigenvalue weighted by atomic mass is 10.1. The Kier molecular flexibility index (Phi) is 6.34. The Hall–Kier alpha value is -3.42. The molecule has 1 aromatic carbocycles. The third-order valence-corrected chi connectivity index (χ3v) is 4.91. The van der Waals surface area contributed by atoms with E-state index in [9.17, 15) is 9.59 Å². The molecule has 0 unspecified atom stereocenters. The van der Waals surface area contributed by atoms with E-state index in [1.165, 1.54) is 6.92 Å². The SMILES string of the molecule is CCN(Cc1ccccc1NC(=O)COc1nn(C)c2nc(C)cc(C)c12)C(C)=O. The first kappa shape index (κ1) is 21.3. The van der Waals surface area contributed by atoms with Gasteiger partial charge < -0.3 is 15.0 Å². The van der Waals surface area contributed by atoms with Gasteiger partial charge in [-0.15, -0.1) is 5.10 Å². The Morgan fingerprint density at radius 2 is 1.97 bits per heavy atom. The fourth-order valence-electron chi connectivity index (χ4n) is 3.40. The Balaban J connectivity index is 1.72. The lowest BCUT2D eigenvalue weighted by Gasteiger charge is -2.21. The maximum atomic E-state index is 12.5. The highest BCUT2D eigenvalue weighted by Gasteiger charge is 2.16. The van der Waals surface area contributed by atoms with E-state index < -0.39 is 0 Å². The zero-order valence-electron chi connectivity index (χ0n) is 18.0. The molecule has 0 saturated carbocycles. The quantitative estimate of drug-likeness (QED) is 0.648. The standard InChI is InChI=1S/C22H27N5O3/c1-6-27(16(4)28)12-17-9-7-8-10-18(17)24-19(29)13-30-22-20-14(2)11-15(3)23-21(20)26(5)25-22/h7-11H,6,12-13H2,1-5H3,(H,24,29). The molecule has 8 heteroatoms. The van der Waals surface area contributed by atoms with Crippen LogP contribution in [0.5, 0.6) is 5.88 Å². The topological polar surface area (TPSA) is 89.3 Å². The summed E-state index contributed by atoms with van der Waals surface area (Å²) in [7, 11) is 1.80. The van der Waals surface area contributed by atoms with Crippen LogP contribution in [0.1, 0.15) is 30.7 Å². The van der Waals surface area contributed by atoms with Crippen molar-refractivity contribution in [3.05, 3.63) is 47.2 Å². The molecular weight excluding hydrogens is 382 g/mol. The molecule has 1 N–H and O–H groups in total. The fraction of sp³-hybridized carbons (Fsp3) is 0.364. The zero-order valence-corrected chi connectivity index (χ0v) is 18.0. The summed E-state index contributed by atoms with van der Waals surface area (Å²) in [5, 5.41) is 8.04. The molecule has 0 saturated heterocycles. The molecule has 0 fully saturated rings. The molecule has 2 heterocycles. The number of pyridine rings is 1. The van der Waals surface area contributed by atoms with Crippen LogP contribution in [0.3, 0.4) is 0 Å². The highest BCUT2D eigenvalue weighted by Crippen LogP contribution is 2.27. The zero-order chi connectivity index (χ0) is 21.8. The number of rotatable bonds is 7. The molecule has 3 aromatic rings. The van der Waals surface area contributed by atoms with Crippen molar-refractivity contribution in [1.82, 2.24) is 19.7 Å². The van der Waals surface area contributed by atoms with Crippen LogP contribution in [0.15, 0.2) is 30.3 Å².